The van der Waals surface area contributed by atoms with E-state index in [4.69, 9.17) is 15.3 Å². The van der Waals surface area contributed by atoms with Crippen molar-refractivity contribution in [2.45, 2.75) is 25.8 Å². The largest absolute Gasteiger partial charge is 0.493 e. The molecule has 0 fully saturated rings. The fourth-order valence-corrected chi connectivity index (χ4v) is 1.90. The van der Waals surface area contributed by atoms with Crippen LogP contribution in [0.25, 0.3) is 0 Å². The van der Waals surface area contributed by atoms with Gasteiger partial charge in [0.2, 0.25) is 0 Å². The summed E-state index contributed by atoms with van der Waals surface area (Å²) in [6.45, 7) is 5.90. The predicted molar refractivity (Wildman–Crippen MR) is 73.8 cm³/mol. The van der Waals surface area contributed by atoms with E-state index in [9.17, 15) is 0 Å². The first kappa shape index (κ1) is 14.5. The van der Waals surface area contributed by atoms with Crippen molar-refractivity contribution in [2.24, 2.45) is 5.84 Å². The van der Waals surface area contributed by atoms with Crippen LogP contribution in [0.3, 0.4) is 0 Å². The number of rotatable bonds is 7. The van der Waals surface area contributed by atoms with Gasteiger partial charge in [0, 0.05) is 6.04 Å². The van der Waals surface area contributed by atoms with Gasteiger partial charge in [-0.25, -0.2) is 0 Å². The molecule has 3 N–H and O–H groups in total. The van der Waals surface area contributed by atoms with Crippen LogP contribution in [0, 0.1) is 0 Å². The van der Waals surface area contributed by atoms with E-state index in [2.05, 4.69) is 12.0 Å². The Hall–Kier alpha value is -1.52. The zero-order chi connectivity index (χ0) is 13.5. The van der Waals surface area contributed by atoms with Gasteiger partial charge in [-0.3, -0.25) is 11.3 Å². The van der Waals surface area contributed by atoms with Crippen LogP contribution >= 0.6 is 0 Å². The quantitative estimate of drug-likeness (QED) is 0.442. The topological polar surface area (TPSA) is 56.5 Å². The maximum Gasteiger partial charge on any atom is 0.160 e. The van der Waals surface area contributed by atoms with Crippen LogP contribution in [0.5, 0.6) is 11.5 Å². The van der Waals surface area contributed by atoms with Crippen LogP contribution < -0.4 is 20.7 Å². The first-order valence-electron chi connectivity index (χ1n) is 5.92. The molecule has 18 heavy (non-hydrogen) atoms. The molecule has 0 spiro atoms. The Morgan fingerprint density at radius 1 is 1.33 bits per heavy atom. The van der Waals surface area contributed by atoms with Gasteiger partial charge < -0.3 is 9.47 Å². The minimum Gasteiger partial charge on any atom is -0.493 e. The third kappa shape index (κ3) is 4.05. The second-order valence-corrected chi connectivity index (χ2v) is 4.42. The van der Waals surface area contributed by atoms with E-state index in [1.165, 1.54) is 0 Å². The maximum absolute atomic E-state index is 5.55. The Morgan fingerprint density at radius 2 is 2.00 bits per heavy atom. The van der Waals surface area contributed by atoms with E-state index in [1.54, 1.807) is 14.2 Å². The van der Waals surface area contributed by atoms with E-state index in [0.29, 0.717) is 0 Å². The molecule has 4 heteroatoms. The average Bonchev–Trinajstić information content (AvgIpc) is 2.37. The van der Waals surface area contributed by atoms with Crippen LogP contribution in [0.4, 0.5) is 0 Å². The fourth-order valence-electron chi connectivity index (χ4n) is 1.90. The van der Waals surface area contributed by atoms with Crippen molar-refractivity contribution >= 4 is 0 Å². The highest BCUT2D eigenvalue weighted by Gasteiger charge is 2.10. The lowest BCUT2D eigenvalue weighted by molar-refractivity contribution is 0.354. The van der Waals surface area contributed by atoms with Crippen LogP contribution in [0.2, 0.25) is 0 Å². The second-order valence-electron chi connectivity index (χ2n) is 4.42. The molecule has 1 rings (SSSR count). The minimum atomic E-state index is 0.181. The first-order valence-corrected chi connectivity index (χ1v) is 5.92. The van der Waals surface area contributed by atoms with Gasteiger partial charge in [0.25, 0.3) is 0 Å². The number of methoxy groups -OCH3 is 2. The summed E-state index contributed by atoms with van der Waals surface area (Å²) in [6.07, 6.45) is 1.68. The summed E-state index contributed by atoms with van der Waals surface area (Å²) in [6, 6.07) is 6.08. The van der Waals surface area contributed by atoms with Gasteiger partial charge in [0.05, 0.1) is 14.2 Å². The third-order valence-electron chi connectivity index (χ3n) is 2.76. The summed E-state index contributed by atoms with van der Waals surface area (Å²) in [7, 11) is 3.26. The van der Waals surface area contributed by atoms with Crippen molar-refractivity contribution in [3.05, 3.63) is 35.9 Å². The molecule has 0 aliphatic rings. The molecule has 1 unspecified atom stereocenters. The molecule has 0 aliphatic heterocycles. The standard InChI is InChI=1S/C14H22N2O2/c1-10(2)7-12(16-15)8-11-5-6-13(17-3)14(9-11)18-4/h5-6,9,12,16H,1,7-8,15H2,2-4H3. The Balaban J connectivity index is 2.80. The van der Waals surface area contributed by atoms with Crippen LogP contribution in [0.15, 0.2) is 30.4 Å². The number of ether oxygens (including phenoxy) is 2. The van der Waals surface area contributed by atoms with Crippen LogP contribution in [0.1, 0.15) is 18.9 Å². The average molecular weight is 250 g/mol. The summed E-state index contributed by atoms with van der Waals surface area (Å²) in [5.74, 6) is 7.02. The molecular formula is C14H22N2O2. The highest BCUT2D eigenvalue weighted by molar-refractivity contribution is 5.43. The van der Waals surface area contributed by atoms with E-state index < -0.39 is 0 Å². The van der Waals surface area contributed by atoms with Crippen LogP contribution in [-0.4, -0.2) is 20.3 Å². The number of hydrazine groups is 1. The van der Waals surface area contributed by atoms with E-state index in [1.807, 2.05) is 25.1 Å². The molecule has 1 aromatic rings. The molecule has 0 radical (unpaired) electrons. The molecule has 0 bridgehead atoms. The zero-order valence-electron chi connectivity index (χ0n) is 11.3. The molecule has 100 valence electrons. The summed E-state index contributed by atoms with van der Waals surface area (Å²) >= 11 is 0. The van der Waals surface area contributed by atoms with Gasteiger partial charge >= 0.3 is 0 Å². The fraction of sp³-hybridized carbons (Fsp3) is 0.429. The highest BCUT2D eigenvalue weighted by atomic mass is 16.5. The summed E-state index contributed by atoms with van der Waals surface area (Å²) in [5, 5.41) is 0. The molecule has 0 amide bonds. The summed E-state index contributed by atoms with van der Waals surface area (Å²) in [5.41, 5.74) is 5.07. The number of nitrogens with one attached hydrogen (secondary N) is 1. The number of hydrogen-bond acceptors (Lipinski definition) is 4. The van der Waals surface area contributed by atoms with Gasteiger partial charge in [0.15, 0.2) is 11.5 Å². The van der Waals surface area contributed by atoms with E-state index >= 15 is 0 Å². The molecule has 0 saturated heterocycles. The molecule has 0 aliphatic carbocycles. The molecular weight excluding hydrogens is 228 g/mol. The van der Waals surface area contributed by atoms with Crippen molar-refractivity contribution < 1.29 is 9.47 Å². The molecule has 1 atom stereocenters. The second kappa shape index (κ2) is 7.03. The van der Waals surface area contributed by atoms with Gasteiger partial charge in [0.1, 0.15) is 0 Å². The first-order chi connectivity index (χ1) is 8.60. The number of benzene rings is 1. The Bertz CT molecular complexity index is 405. The molecule has 4 nitrogen and oxygen atoms in total. The molecule has 0 aromatic heterocycles. The number of nitrogens with two attached hydrogens (primary N) is 1. The van der Waals surface area contributed by atoms with Gasteiger partial charge in [-0.05, 0) is 37.5 Å². The highest BCUT2D eigenvalue weighted by Crippen LogP contribution is 2.28. The van der Waals surface area contributed by atoms with Gasteiger partial charge in [-0.1, -0.05) is 11.6 Å². The van der Waals surface area contributed by atoms with Gasteiger partial charge in [-0.15, -0.1) is 6.58 Å². The van der Waals surface area contributed by atoms with E-state index in [0.717, 1.165) is 35.5 Å². The maximum atomic E-state index is 5.55. The summed E-state index contributed by atoms with van der Waals surface area (Å²) in [4.78, 5) is 0. The van der Waals surface area contributed by atoms with Crippen molar-refractivity contribution in [1.29, 1.82) is 0 Å². The normalized spacial score (nSPS) is 12.0. The summed E-state index contributed by atoms with van der Waals surface area (Å²) < 4.78 is 10.5. The number of hydrogen-bond donors (Lipinski definition) is 2. The zero-order valence-corrected chi connectivity index (χ0v) is 11.3. The smallest absolute Gasteiger partial charge is 0.160 e. The molecule has 1 aromatic carbocycles. The molecule has 0 heterocycles. The Labute approximate surface area is 109 Å². The SMILES string of the molecule is C=C(C)CC(Cc1ccc(OC)c(OC)c1)NN. The van der Waals surface area contributed by atoms with Crippen molar-refractivity contribution in [3.8, 4) is 11.5 Å². The van der Waals surface area contributed by atoms with Gasteiger partial charge in [-0.2, -0.15) is 0 Å². The minimum absolute atomic E-state index is 0.181. The Morgan fingerprint density at radius 3 is 2.50 bits per heavy atom. The predicted octanol–water partition coefficient (Wildman–Crippen LogP) is 2.04. The van der Waals surface area contributed by atoms with Crippen molar-refractivity contribution in [2.75, 3.05) is 14.2 Å². The van der Waals surface area contributed by atoms with Crippen molar-refractivity contribution in [3.63, 3.8) is 0 Å². The van der Waals surface area contributed by atoms with Crippen LogP contribution in [-0.2, 0) is 6.42 Å². The monoisotopic (exact) mass is 250 g/mol. The van der Waals surface area contributed by atoms with E-state index in [-0.39, 0.29) is 6.04 Å². The van der Waals surface area contributed by atoms with Crippen molar-refractivity contribution in [1.82, 2.24) is 5.43 Å². The lowest BCUT2D eigenvalue weighted by Crippen LogP contribution is -2.36. The Kier molecular flexibility index (Phi) is 5.68. The third-order valence-corrected chi connectivity index (χ3v) is 2.76. The lowest BCUT2D eigenvalue weighted by atomic mass is 10.0. The lowest BCUT2D eigenvalue weighted by Gasteiger charge is -2.17. The molecule has 0 saturated carbocycles.